The van der Waals surface area contributed by atoms with Crippen LogP contribution in [0.2, 0.25) is 5.02 Å². The van der Waals surface area contributed by atoms with Gasteiger partial charge in [-0.1, -0.05) is 23.7 Å². The summed E-state index contributed by atoms with van der Waals surface area (Å²) in [6.45, 7) is -0.0185. The Balaban J connectivity index is 1.93. The highest BCUT2D eigenvalue weighted by molar-refractivity contribution is 6.30. The van der Waals surface area contributed by atoms with Gasteiger partial charge < -0.3 is 9.47 Å². The molecule has 9 heteroatoms. The SMILES string of the molecule is O=C1OCc2cccc(Oc3ncc(Cl)cn3)c2C1CCC(F)(F)F. The Morgan fingerprint density at radius 2 is 2.00 bits per heavy atom. The molecule has 0 saturated heterocycles. The molecule has 0 amide bonds. The lowest BCUT2D eigenvalue weighted by molar-refractivity contribution is -0.152. The predicted molar refractivity (Wildman–Crippen MR) is 81.4 cm³/mol. The standard InChI is InChI=1S/C16H12ClF3N2O3/c17-10-6-21-15(22-7-10)25-12-3-1-2-9-8-24-14(23)11(13(9)12)4-5-16(18,19)20/h1-3,6-7,11H,4-5,8H2. The summed E-state index contributed by atoms with van der Waals surface area (Å²) in [4.78, 5) is 19.8. The molecule has 2 aromatic rings. The molecule has 0 radical (unpaired) electrons. The molecule has 1 aromatic heterocycles. The fraction of sp³-hybridized carbons (Fsp3) is 0.312. The molecule has 132 valence electrons. The first kappa shape index (κ1) is 17.5. The van der Waals surface area contributed by atoms with Crippen LogP contribution in [0, 0.1) is 0 Å². The lowest BCUT2D eigenvalue weighted by Gasteiger charge is -2.26. The van der Waals surface area contributed by atoms with Crippen LogP contribution in [-0.2, 0) is 16.1 Å². The molecule has 3 rings (SSSR count). The van der Waals surface area contributed by atoms with Crippen LogP contribution in [0.25, 0.3) is 0 Å². The quantitative estimate of drug-likeness (QED) is 0.744. The van der Waals surface area contributed by atoms with Gasteiger partial charge in [0.05, 0.1) is 23.3 Å². The summed E-state index contributed by atoms with van der Waals surface area (Å²) in [6, 6.07) is 4.86. The number of rotatable bonds is 4. The minimum absolute atomic E-state index is 0.0185. The third kappa shape index (κ3) is 4.19. The van der Waals surface area contributed by atoms with Crippen molar-refractivity contribution in [2.24, 2.45) is 0 Å². The van der Waals surface area contributed by atoms with E-state index in [0.29, 0.717) is 16.1 Å². The second-order valence-corrected chi connectivity index (χ2v) is 5.87. The van der Waals surface area contributed by atoms with E-state index in [1.807, 2.05) is 0 Å². The summed E-state index contributed by atoms with van der Waals surface area (Å²) in [5, 5.41) is 0.314. The van der Waals surface area contributed by atoms with Gasteiger partial charge in [0.2, 0.25) is 0 Å². The first-order valence-electron chi connectivity index (χ1n) is 7.34. The number of alkyl halides is 3. The van der Waals surface area contributed by atoms with Gasteiger partial charge in [-0.15, -0.1) is 0 Å². The first-order chi connectivity index (χ1) is 11.8. The van der Waals surface area contributed by atoms with Crippen molar-refractivity contribution in [2.45, 2.75) is 31.5 Å². The van der Waals surface area contributed by atoms with Crippen LogP contribution in [0.1, 0.15) is 29.9 Å². The van der Waals surface area contributed by atoms with Gasteiger partial charge in [-0.2, -0.15) is 13.2 Å². The fourth-order valence-electron chi connectivity index (χ4n) is 2.59. The van der Waals surface area contributed by atoms with Crippen molar-refractivity contribution in [2.75, 3.05) is 0 Å². The fourth-order valence-corrected chi connectivity index (χ4v) is 2.69. The molecule has 0 fully saturated rings. The molecule has 0 spiro atoms. The van der Waals surface area contributed by atoms with Crippen LogP contribution >= 0.6 is 11.6 Å². The van der Waals surface area contributed by atoms with Crippen molar-refractivity contribution >= 4 is 17.6 Å². The zero-order valence-electron chi connectivity index (χ0n) is 12.7. The van der Waals surface area contributed by atoms with Crippen LogP contribution < -0.4 is 4.74 Å². The summed E-state index contributed by atoms with van der Waals surface area (Å²) in [5.74, 6) is -1.54. The van der Waals surface area contributed by atoms with Crippen LogP contribution in [0.3, 0.4) is 0 Å². The molecule has 5 nitrogen and oxygen atoms in total. The van der Waals surface area contributed by atoms with Crippen LogP contribution in [-0.4, -0.2) is 22.1 Å². The van der Waals surface area contributed by atoms with Gasteiger partial charge in [-0.3, -0.25) is 4.79 Å². The minimum Gasteiger partial charge on any atom is -0.460 e. The largest absolute Gasteiger partial charge is 0.460 e. The maximum absolute atomic E-state index is 12.6. The van der Waals surface area contributed by atoms with Gasteiger partial charge in [-0.05, 0) is 18.1 Å². The number of benzene rings is 1. The number of nitrogens with zero attached hydrogens (tertiary/aromatic N) is 2. The summed E-state index contributed by atoms with van der Waals surface area (Å²) in [5.41, 5.74) is 0.972. The Bertz CT molecular complexity index is 781. The van der Waals surface area contributed by atoms with Crippen molar-refractivity contribution < 1.29 is 27.4 Å². The van der Waals surface area contributed by atoms with E-state index in [1.165, 1.54) is 12.4 Å². The van der Waals surface area contributed by atoms with Crippen LogP contribution in [0.4, 0.5) is 13.2 Å². The lowest BCUT2D eigenvalue weighted by Crippen LogP contribution is -2.25. The van der Waals surface area contributed by atoms with Crippen molar-refractivity contribution in [1.82, 2.24) is 9.97 Å². The second kappa shape index (κ2) is 6.87. The average Bonchev–Trinajstić information content (AvgIpc) is 2.55. The van der Waals surface area contributed by atoms with Gasteiger partial charge in [0.25, 0.3) is 0 Å². The summed E-state index contributed by atoms with van der Waals surface area (Å²) in [6.07, 6.45) is -3.23. The van der Waals surface area contributed by atoms with E-state index >= 15 is 0 Å². The first-order valence-corrected chi connectivity index (χ1v) is 7.72. The van der Waals surface area contributed by atoms with Crippen LogP contribution in [0.5, 0.6) is 11.8 Å². The molecule has 1 aliphatic heterocycles. The van der Waals surface area contributed by atoms with Crippen molar-refractivity contribution in [3.63, 3.8) is 0 Å². The monoisotopic (exact) mass is 372 g/mol. The highest BCUT2D eigenvalue weighted by Gasteiger charge is 2.36. The third-order valence-corrected chi connectivity index (χ3v) is 3.87. The highest BCUT2D eigenvalue weighted by atomic mass is 35.5. The van der Waals surface area contributed by atoms with E-state index < -0.39 is 30.9 Å². The number of carbonyl (C=O) groups excluding carboxylic acids is 1. The maximum atomic E-state index is 12.6. The van der Waals surface area contributed by atoms with Gasteiger partial charge >= 0.3 is 18.2 Å². The van der Waals surface area contributed by atoms with Crippen molar-refractivity contribution in [3.8, 4) is 11.8 Å². The molecule has 1 unspecified atom stereocenters. The summed E-state index contributed by atoms with van der Waals surface area (Å²) in [7, 11) is 0. The molecule has 0 bridgehead atoms. The number of carbonyl (C=O) groups is 1. The molecule has 0 N–H and O–H groups in total. The second-order valence-electron chi connectivity index (χ2n) is 5.43. The number of cyclic esters (lactones) is 1. The maximum Gasteiger partial charge on any atom is 0.389 e. The van der Waals surface area contributed by atoms with Gasteiger partial charge in [-0.25, -0.2) is 9.97 Å². The molecule has 1 aliphatic rings. The predicted octanol–water partition coefficient (Wildman–Crippen LogP) is 4.41. The number of aromatic nitrogens is 2. The number of halogens is 4. The molecule has 2 heterocycles. The molecular weight excluding hydrogens is 361 g/mol. The number of ether oxygens (including phenoxy) is 2. The Hall–Kier alpha value is -2.35. The van der Waals surface area contributed by atoms with E-state index in [-0.39, 0.29) is 18.4 Å². The van der Waals surface area contributed by atoms with E-state index in [1.54, 1.807) is 18.2 Å². The van der Waals surface area contributed by atoms with Gasteiger partial charge in [0.15, 0.2) is 0 Å². The van der Waals surface area contributed by atoms with E-state index in [9.17, 15) is 18.0 Å². The van der Waals surface area contributed by atoms with E-state index in [2.05, 4.69) is 9.97 Å². The Labute approximate surface area is 145 Å². The van der Waals surface area contributed by atoms with Crippen LogP contribution in [0.15, 0.2) is 30.6 Å². The third-order valence-electron chi connectivity index (χ3n) is 3.67. The molecular formula is C16H12ClF3N2O3. The highest BCUT2D eigenvalue weighted by Crippen LogP contribution is 2.40. The van der Waals surface area contributed by atoms with E-state index in [0.717, 1.165) is 0 Å². The summed E-state index contributed by atoms with van der Waals surface area (Å²) < 4.78 is 48.3. The average molecular weight is 373 g/mol. The number of hydrogen-bond donors (Lipinski definition) is 0. The molecule has 25 heavy (non-hydrogen) atoms. The lowest BCUT2D eigenvalue weighted by atomic mass is 9.88. The zero-order chi connectivity index (χ0) is 18.0. The Kier molecular flexibility index (Phi) is 4.80. The van der Waals surface area contributed by atoms with E-state index in [4.69, 9.17) is 21.1 Å². The van der Waals surface area contributed by atoms with Gasteiger partial charge in [0, 0.05) is 12.0 Å². The Morgan fingerprint density at radius 3 is 2.68 bits per heavy atom. The molecule has 1 atom stereocenters. The smallest absolute Gasteiger partial charge is 0.389 e. The zero-order valence-corrected chi connectivity index (χ0v) is 13.5. The number of fused-ring (bicyclic) bond motifs is 1. The normalized spacial score (nSPS) is 17.0. The molecule has 0 saturated carbocycles. The Morgan fingerprint density at radius 1 is 1.28 bits per heavy atom. The number of hydrogen-bond acceptors (Lipinski definition) is 5. The topological polar surface area (TPSA) is 61.3 Å². The summed E-state index contributed by atoms with van der Waals surface area (Å²) >= 11 is 5.71. The van der Waals surface area contributed by atoms with Gasteiger partial charge in [0.1, 0.15) is 12.4 Å². The number of esters is 1. The molecule has 1 aromatic carbocycles. The minimum atomic E-state index is -4.37. The van der Waals surface area contributed by atoms with Crippen molar-refractivity contribution in [3.05, 3.63) is 46.7 Å². The molecule has 0 aliphatic carbocycles. The van der Waals surface area contributed by atoms with Crippen molar-refractivity contribution in [1.29, 1.82) is 0 Å².